The number of halogens is 3. The molecule has 1 amide bonds. The molecule has 0 spiro atoms. The Labute approximate surface area is 140 Å². The fraction of sp³-hybridized carbons (Fsp3) is 0.0714. The molecule has 2 aromatic carbocycles. The van der Waals surface area contributed by atoms with Crippen molar-refractivity contribution in [2.45, 2.75) is 0 Å². The van der Waals surface area contributed by atoms with Crippen LogP contribution in [0.5, 0.6) is 5.75 Å². The largest absolute Gasteiger partial charge is 0.484 e. The van der Waals surface area contributed by atoms with E-state index < -0.39 is 0 Å². The van der Waals surface area contributed by atoms with Gasteiger partial charge in [-0.25, -0.2) is 0 Å². The molecule has 0 fully saturated rings. The topological polar surface area (TPSA) is 38.3 Å². The quantitative estimate of drug-likeness (QED) is 0.731. The van der Waals surface area contributed by atoms with E-state index >= 15 is 0 Å². The van der Waals surface area contributed by atoms with Gasteiger partial charge in [-0.3, -0.25) is 4.79 Å². The molecule has 0 bridgehead atoms. The molecule has 6 heteroatoms. The van der Waals surface area contributed by atoms with Gasteiger partial charge in [-0.15, -0.1) is 0 Å². The van der Waals surface area contributed by atoms with Gasteiger partial charge in [-0.2, -0.15) is 0 Å². The second-order valence-corrected chi connectivity index (χ2v) is 5.95. The monoisotopic (exact) mass is 421 g/mol. The molecule has 2 rings (SSSR count). The number of hydrogen-bond donors (Lipinski definition) is 1. The molecule has 1 N–H and O–H groups in total. The highest BCUT2D eigenvalue weighted by Gasteiger charge is 2.07. The maximum atomic E-state index is 11.8. The maximum Gasteiger partial charge on any atom is 0.262 e. The lowest BCUT2D eigenvalue weighted by Crippen LogP contribution is -2.20. The molecule has 0 aliphatic carbocycles. The van der Waals surface area contributed by atoms with Crippen LogP contribution in [-0.4, -0.2) is 12.5 Å². The van der Waals surface area contributed by atoms with Gasteiger partial charge in [0.15, 0.2) is 6.61 Å². The van der Waals surface area contributed by atoms with Crippen LogP contribution in [0.25, 0.3) is 0 Å². The molecular formula is C14H10Cl2INO2. The highest BCUT2D eigenvalue weighted by atomic mass is 127. The van der Waals surface area contributed by atoms with Crippen LogP contribution in [0.15, 0.2) is 42.5 Å². The van der Waals surface area contributed by atoms with Crippen molar-refractivity contribution in [3.63, 3.8) is 0 Å². The third-order valence-electron chi connectivity index (χ3n) is 2.39. The van der Waals surface area contributed by atoms with E-state index in [1.165, 1.54) is 0 Å². The minimum absolute atomic E-state index is 0.0691. The fourth-order valence-electron chi connectivity index (χ4n) is 1.46. The van der Waals surface area contributed by atoms with E-state index in [-0.39, 0.29) is 12.5 Å². The summed E-state index contributed by atoms with van der Waals surface area (Å²) >= 11 is 13.7. The standard InChI is InChI=1S/C14H10Cl2INO2/c15-9-1-4-11(5-2-9)20-8-14(19)18-13-6-3-10(16)7-12(13)17/h1-7H,8H2,(H,18,19). The molecule has 3 nitrogen and oxygen atoms in total. The van der Waals surface area contributed by atoms with Crippen LogP contribution in [0.1, 0.15) is 0 Å². The molecule has 2 aromatic rings. The Morgan fingerprint density at radius 3 is 2.40 bits per heavy atom. The van der Waals surface area contributed by atoms with E-state index in [9.17, 15) is 4.79 Å². The molecule has 0 radical (unpaired) electrons. The van der Waals surface area contributed by atoms with Gasteiger partial charge in [0, 0.05) is 13.6 Å². The minimum Gasteiger partial charge on any atom is -0.484 e. The van der Waals surface area contributed by atoms with Crippen LogP contribution in [0.2, 0.25) is 10.0 Å². The van der Waals surface area contributed by atoms with E-state index in [0.717, 1.165) is 3.57 Å². The summed E-state index contributed by atoms with van der Waals surface area (Å²) in [4.78, 5) is 11.8. The summed E-state index contributed by atoms with van der Waals surface area (Å²) in [6, 6.07) is 12.1. The van der Waals surface area contributed by atoms with E-state index in [0.29, 0.717) is 21.5 Å². The van der Waals surface area contributed by atoms with Gasteiger partial charge in [0.25, 0.3) is 5.91 Å². The van der Waals surface area contributed by atoms with Gasteiger partial charge in [0.2, 0.25) is 0 Å². The first-order chi connectivity index (χ1) is 9.54. The summed E-state index contributed by atoms with van der Waals surface area (Å²) in [7, 11) is 0. The van der Waals surface area contributed by atoms with E-state index in [1.54, 1.807) is 42.5 Å². The lowest BCUT2D eigenvalue weighted by Gasteiger charge is -2.09. The smallest absolute Gasteiger partial charge is 0.262 e. The minimum atomic E-state index is -0.236. The average Bonchev–Trinajstić information content (AvgIpc) is 2.41. The van der Waals surface area contributed by atoms with Crippen LogP contribution < -0.4 is 10.1 Å². The van der Waals surface area contributed by atoms with Crippen LogP contribution in [-0.2, 0) is 4.79 Å². The molecule has 0 heterocycles. The third kappa shape index (κ3) is 4.54. The molecule has 0 unspecified atom stereocenters. The number of anilines is 1. The van der Waals surface area contributed by atoms with Crippen molar-refractivity contribution in [3.8, 4) is 5.75 Å². The molecule has 0 saturated carbocycles. The summed E-state index contributed by atoms with van der Waals surface area (Å²) in [6.45, 7) is -0.0691. The van der Waals surface area contributed by atoms with E-state index in [1.807, 2.05) is 0 Å². The molecule has 0 aromatic heterocycles. The van der Waals surface area contributed by atoms with Gasteiger partial charge < -0.3 is 10.1 Å². The lowest BCUT2D eigenvalue weighted by atomic mass is 10.3. The van der Waals surface area contributed by atoms with Gasteiger partial charge in [0.1, 0.15) is 5.75 Å². The molecule has 0 saturated heterocycles. The molecule has 0 aliphatic heterocycles. The van der Waals surface area contributed by atoms with E-state index in [4.69, 9.17) is 27.9 Å². The summed E-state index contributed by atoms with van der Waals surface area (Å²) in [5, 5.41) is 4.02. The van der Waals surface area contributed by atoms with Crippen molar-refractivity contribution in [1.82, 2.24) is 0 Å². The first-order valence-electron chi connectivity index (χ1n) is 5.68. The van der Waals surface area contributed by atoms with Crippen LogP contribution in [0.4, 0.5) is 5.69 Å². The first kappa shape index (κ1) is 15.4. The number of carbonyl (C=O) groups excluding carboxylic acids is 1. The predicted molar refractivity (Wildman–Crippen MR) is 89.7 cm³/mol. The van der Waals surface area contributed by atoms with Crippen LogP contribution in [0, 0.1) is 3.57 Å². The Hall–Kier alpha value is -0.980. The van der Waals surface area contributed by atoms with Crippen molar-refractivity contribution in [3.05, 3.63) is 56.1 Å². The number of rotatable bonds is 4. The second-order valence-electron chi connectivity index (χ2n) is 3.91. The van der Waals surface area contributed by atoms with Crippen molar-refractivity contribution < 1.29 is 9.53 Å². The van der Waals surface area contributed by atoms with Gasteiger partial charge in [0.05, 0.1) is 5.69 Å². The molecule has 104 valence electrons. The molecule has 0 atom stereocenters. The maximum absolute atomic E-state index is 11.8. The number of benzene rings is 2. The fourth-order valence-corrected chi connectivity index (χ4v) is 2.59. The zero-order valence-corrected chi connectivity index (χ0v) is 13.9. The van der Waals surface area contributed by atoms with Gasteiger partial charge in [-0.05, 0) is 65.1 Å². The average molecular weight is 422 g/mol. The second kappa shape index (κ2) is 7.15. The van der Waals surface area contributed by atoms with Crippen molar-refractivity contribution in [1.29, 1.82) is 0 Å². The SMILES string of the molecule is O=C(COc1ccc(Cl)cc1)Nc1ccc(Cl)cc1I. The molecule has 20 heavy (non-hydrogen) atoms. The van der Waals surface area contributed by atoms with Gasteiger partial charge >= 0.3 is 0 Å². The van der Waals surface area contributed by atoms with Crippen molar-refractivity contribution >= 4 is 57.4 Å². The Balaban J connectivity index is 1.90. The summed E-state index contributed by atoms with van der Waals surface area (Å²) in [5.74, 6) is 0.357. The number of amides is 1. The van der Waals surface area contributed by atoms with Crippen LogP contribution >= 0.6 is 45.8 Å². The normalized spacial score (nSPS) is 10.2. The molecular weight excluding hydrogens is 412 g/mol. The number of nitrogens with one attached hydrogen (secondary N) is 1. The lowest BCUT2D eigenvalue weighted by molar-refractivity contribution is -0.118. The number of ether oxygens (including phenoxy) is 1. The third-order valence-corrected chi connectivity index (χ3v) is 3.77. The highest BCUT2D eigenvalue weighted by Crippen LogP contribution is 2.22. The zero-order valence-electron chi connectivity index (χ0n) is 10.2. The number of hydrogen-bond acceptors (Lipinski definition) is 2. The first-order valence-corrected chi connectivity index (χ1v) is 7.51. The van der Waals surface area contributed by atoms with Crippen molar-refractivity contribution in [2.75, 3.05) is 11.9 Å². The highest BCUT2D eigenvalue weighted by molar-refractivity contribution is 14.1. The Kier molecular flexibility index (Phi) is 5.51. The predicted octanol–water partition coefficient (Wildman–Crippen LogP) is 4.62. The van der Waals surface area contributed by atoms with E-state index in [2.05, 4.69) is 27.9 Å². The Morgan fingerprint density at radius 1 is 1.10 bits per heavy atom. The summed E-state index contributed by atoms with van der Waals surface area (Å²) < 4.78 is 6.23. The zero-order chi connectivity index (χ0) is 14.5. The van der Waals surface area contributed by atoms with Crippen molar-refractivity contribution in [2.24, 2.45) is 0 Å². The summed E-state index contributed by atoms with van der Waals surface area (Å²) in [5.41, 5.74) is 0.708. The molecule has 0 aliphatic rings. The number of carbonyl (C=O) groups is 1. The Morgan fingerprint density at radius 2 is 1.75 bits per heavy atom. The summed E-state index contributed by atoms with van der Waals surface area (Å²) in [6.07, 6.45) is 0. The van der Waals surface area contributed by atoms with Crippen LogP contribution in [0.3, 0.4) is 0 Å². The Bertz CT molecular complexity index is 617. The van der Waals surface area contributed by atoms with Gasteiger partial charge in [-0.1, -0.05) is 23.2 Å².